The number of aromatic nitrogens is 1. The van der Waals surface area contributed by atoms with E-state index < -0.39 is 38.6 Å². The van der Waals surface area contributed by atoms with Gasteiger partial charge in [-0.25, -0.2) is 12.8 Å². The molecule has 1 aliphatic rings. The number of benzene rings is 1. The van der Waals surface area contributed by atoms with Gasteiger partial charge in [-0.05, 0) is 45.8 Å². The highest BCUT2D eigenvalue weighted by atomic mass is 79.9. The van der Waals surface area contributed by atoms with Gasteiger partial charge in [0.2, 0.25) is 0 Å². The third kappa shape index (κ3) is 3.81. The molecule has 1 atom stereocenters. The van der Waals surface area contributed by atoms with Gasteiger partial charge in [-0.2, -0.15) is 13.2 Å². The maximum Gasteiger partial charge on any atom is 0.433 e. The molecule has 0 N–H and O–H groups in total. The Morgan fingerprint density at radius 3 is 2.50 bits per heavy atom. The summed E-state index contributed by atoms with van der Waals surface area (Å²) in [6.07, 6.45) is -2.32. The van der Waals surface area contributed by atoms with Crippen LogP contribution in [0.3, 0.4) is 0 Å². The van der Waals surface area contributed by atoms with Crippen LogP contribution >= 0.6 is 15.9 Å². The SMILES string of the molecule is O=C1C=CN(S(=O)(=O)c2ccc(C(F)(F)F)nc2)C(c2cccc(F)c2Br)C1. The van der Waals surface area contributed by atoms with Crippen LogP contribution in [0, 0.1) is 5.82 Å². The number of halogens is 5. The van der Waals surface area contributed by atoms with Crippen LogP contribution in [0.5, 0.6) is 0 Å². The Labute approximate surface area is 165 Å². The predicted octanol–water partition coefficient (Wildman–Crippen LogP) is 4.22. The second-order valence-corrected chi connectivity index (χ2v) is 8.49. The van der Waals surface area contributed by atoms with Crippen LogP contribution in [-0.4, -0.2) is 23.5 Å². The van der Waals surface area contributed by atoms with E-state index in [0.29, 0.717) is 12.3 Å². The number of nitrogens with zero attached hydrogens (tertiary/aromatic N) is 2. The third-order valence-electron chi connectivity index (χ3n) is 4.05. The number of hydrogen-bond donors (Lipinski definition) is 0. The summed E-state index contributed by atoms with van der Waals surface area (Å²) in [5.41, 5.74) is -1.03. The number of ketones is 1. The highest BCUT2D eigenvalue weighted by Crippen LogP contribution is 2.38. The minimum atomic E-state index is -4.71. The number of sulfonamides is 1. The van der Waals surface area contributed by atoms with Crippen LogP contribution in [0.25, 0.3) is 0 Å². The van der Waals surface area contributed by atoms with E-state index in [4.69, 9.17) is 0 Å². The van der Waals surface area contributed by atoms with Crippen molar-refractivity contribution < 1.29 is 30.8 Å². The van der Waals surface area contributed by atoms with E-state index in [1.807, 2.05) is 0 Å². The van der Waals surface area contributed by atoms with Crippen molar-refractivity contribution in [1.82, 2.24) is 9.29 Å². The summed E-state index contributed by atoms with van der Waals surface area (Å²) in [5, 5.41) is 0. The van der Waals surface area contributed by atoms with Gasteiger partial charge < -0.3 is 0 Å². The lowest BCUT2D eigenvalue weighted by Gasteiger charge is -2.32. The van der Waals surface area contributed by atoms with Crippen LogP contribution in [0.15, 0.2) is 58.2 Å². The molecule has 0 bridgehead atoms. The van der Waals surface area contributed by atoms with Crippen LogP contribution in [0.4, 0.5) is 17.6 Å². The van der Waals surface area contributed by atoms with Gasteiger partial charge in [0.15, 0.2) is 5.78 Å². The molecule has 1 aromatic carbocycles. The highest BCUT2D eigenvalue weighted by molar-refractivity contribution is 9.10. The molecule has 5 nitrogen and oxygen atoms in total. The largest absolute Gasteiger partial charge is 0.433 e. The third-order valence-corrected chi connectivity index (χ3v) is 6.66. The fraction of sp³-hybridized carbons (Fsp3) is 0.176. The van der Waals surface area contributed by atoms with Crippen LogP contribution in [-0.2, 0) is 21.0 Å². The Balaban J connectivity index is 2.06. The van der Waals surface area contributed by atoms with Crippen molar-refractivity contribution in [3.05, 3.63) is 70.4 Å². The molecule has 1 aliphatic heterocycles. The van der Waals surface area contributed by atoms with Gasteiger partial charge in [0.25, 0.3) is 10.0 Å². The lowest BCUT2D eigenvalue weighted by molar-refractivity contribution is -0.141. The number of carbonyl (C=O) groups excluding carboxylic acids is 1. The van der Waals surface area contributed by atoms with Gasteiger partial charge in [-0.15, -0.1) is 0 Å². The molecule has 28 heavy (non-hydrogen) atoms. The molecule has 3 rings (SSSR count). The standard InChI is InChI=1S/C17H11BrF4N2O3S/c18-16-12(2-1-3-13(16)19)14-8-10(25)6-7-24(14)28(26,27)11-4-5-15(23-9-11)17(20,21)22/h1-7,9,14H,8H2. The lowest BCUT2D eigenvalue weighted by Crippen LogP contribution is -2.34. The minimum Gasteiger partial charge on any atom is -0.295 e. The first kappa shape index (κ1) is 20.5. The predicted molar refractivity (Wildman–Crippen MR) is 93.9 cm³/mol. The van der Waals surface area contributed by atoms with Crippen molar-refractivity contribution in [3.63, 3.8) is 0 Å². The summed E-state index contributed by atoms with van der Waals surface area (Å²) < 4.78 is 78.7. The Kier molecular flexibility index (Phi) is 5.32. The van der Waals surface area contributed by atoms with E-state index in [0.717, 1.165) is 28.7 Å². The first-order valence-electron chi connectivity index (χ1n) is 7.73. The van der Waals surface area contributed by atoms with Gasteiger partial charge in [-0.3, -0.25) is 14.1 Å². The number of pyridine rings is 1. The number of allylic oxidation sites excluding steroid dienone is 1. The van der Waals surface area contributed by atoms with Crippen molar-refractivity contribution in [3.8, 4) is 0 Å². The van der Waals surface area contributed by atoms with Gasteiger partial charge in [0, 0.05) is 18.8 Å². The fourth-order valence-electron chi connectivity index (χ4n) is 2.70. The monoisotopic (exact) mass is 478 g/mol. The van der Waals surface area contributed by atoms with Gasteiger partial charge in [0.05, 0.1) is 10.5 Å². The van der Waals surface area contributed by atoms with Crippen molar-refractivity contribution in [1.29, 1.82) is 0 Å². The zero-order valence-electron chi connectivity index (χ0n) is 13.8. The van der Waals surface area contributed by atoms with E-state index >= 15 is 0 Å². The Bertz CT molecular complexity index is 1050. The average molecular weight is 479 g/mol. The second kappa shape index (κ2) is 7.28. The van der Waals surface area contributed by atoms with Gasteiger partial charge in [0.1, 0.15) is 16.4 Å². The molecule has 2 aromatic rings. The first-order chi connectivity index (χ1) is 13.0. The molecule has 0 spiro atoms. The normalized spacial score (nSPS) is 17.8. The zero-order valence-corrected chi connectivity index (χ0v) is 16.2. The summed E-state index contributed by atoms with van der Waals surface area (Å²) in [5.74, 6) is -1.02. The molecule has 0 saturated carbocycles. The van der Waals surface area contributed by atoms with Crippen LogP contribution < -0.4 is 0 Å². The number of alkyl halides is 3. The maximum atomic E-state index is 13.9. The van der Waals surface area contributed by atoms with Crippen molar-refractivity contribution in [2.24, 2.45) is 0 Å². The number of hydrogen-bond acceptors (Lipinski definition) is 4. The number of carbonyl (C=O) groups is 1. The molecule has 2 heterocycles. The average Bonchev–Trinajstić information content (AvgIpc) is 2.63. The molecular weight excluding hydrogens is 468 g/mol. The summed E-state index contributed by atoms with van der Waals surface area (Å²) in [6.45, 7) is 0. The van der Waals surface area contributed by atoms with E-state index in [1.165, 1.54) is 12.1 Å². The van der Waals surface area contributed by atoms with E-state index in [2.05, 4.69) is 20.9 Å². The zero-order chi connectivity index (χ0) is 20.7. The Morgan fingerprint density at radius 2 is 1.89 bits per heavy atom. The molecular formula is C17H11BrF4N2O3S. The maximum absolute atomic E-state index is 13.9. The lowest BCUT2D eigenvalue weighted by atomic mass is 9.99. The topological polar surface area (TPSA) is 67.3 Å². The van der Waals surface area contributed by atoms with Crippen molar-refractivity contribution in [2.45, 2.75) is 23.5 Å². The van der Waals surface area contributed by atoms with Crippen LogP contribution in [0.1, 0.15) is 23.7 Å². The van der Waals surface area contributed by atoms with E-state index in [-0.39, 0.29) is 22.2 Å². The van der Waals surface area contributed by atoms with E-state index in [9.17, 15) is 30.8 Å². The van der Waals surface area contributed by atoms with E-state index in [1.54, 1.807) is 0 Å². The molecule has 0 saturated heterocycles. The molecule has 0 radical (unpaired) electrons. The summed E-state index contributed by atoms with van der Waals surface area (Å²) in [4.78, 5) is 14.5. The Hall–Kier alpha value is -2.27. The van der Waals surface area contributed by atoms with Crippen molar-refractivity contribution >= 4 is 31.7 Å². The van der Waals surface area contributed by atoms with Crippen molar-refractivity contribution in [2.75, 3.05) is 0 Å². The molecule has 1 aromatic heterocycles. The molecule has 0 amide bonds. The Morgan fingerprint density at radius 1 is 1.18 bits per heavy atom. The van der Waals surface area contributed by atoms with Gasteiger partial charge >= 0.3 is 6.18 Å². The van der Waals surface area contributed by atoms with Crippen LogP contribution in [0.2, 0.25) is 0 Å². The molecule has 0 fully saturated rings. The quantitative estimate of drug-likeness (QED) is 0.619. The molecule has 0 aliphatic carbocycles. The molecule has 1 unspecified atom stereocenters. The van der Waals surface area contributed by atoms with Gasteiger partial charge in [-0.1, -0.05) is 12.1 Å². The smallest absolute Gasteiger partial charge is 0.295 e. The summed E-state index contributed by atoms with van der Waals surface area (Å²) in [6, 6.07) is 4.24. The fourth-order valence-corrected chi connectivity index (χ4v) is 4.65. The first-order valence-corrected chi connectivity index (χ1v) is 9.97. The molecule has 11 heteroatoms. The minimum absolute atomic E-state index is 0.00570. The molecule has 148 valence electrons. The second-order valence-electron chi connectivity index (χ2n) is 5.86. The highest BCUT2D eigenvalue weighted by Gasteiger charge is 2.37. The number of rotatable bonds is 3. The summed E-state index contributed by atoms with van der Waals surface area (Å²) in [7, 11) is -4.35. The summed E-state index contributed by atoms with van der Waals surface area (Å²) >= 11 is 3.05.